The zero-order valence-electron chi connectivity index (χ0n) is 12.5. The molecule has 0 aliphatic rings. The molecule has 0 fully saturated rings. The third-order valence-corrected chi connectivity index (χ3v) is 4.47. The summed E-state index contributed by atoms with van der Waals surface area (Å²) < 4.78 is 2.23. The van der Waals surface area contributed by atoms with E-state index in [4.69, 9.17) is 0 Å². The molecule has 0 radical (unpaired) electrons. The first-order valence-electron chi connectivity index (χ1n) is 7.13. The maximum Gasteiger partial charge on any atom is 0.277 e. The quantitative estimate of drug-likeness (QED) is 0.769. The zero-order chi connectivity index (χ0) is 16.4. The summed E-state index contributed by atoms with van der Waals surface area (Å²) >= 11 is 3.42. The number of aliphatic hydroxyl groups is 1. The van der Waals surface area contributed by atoms with Gasteiger partial charge in [-0.25, -0.2) is 4.98 Å². The normalized spacial score (nSPS) is 12.1. The molecule has 1 atom stereocenters. The van der Waals surface area contributed by atoms with Gasteiger partial charge in [0.2, 0.25) is 0 Å². The second-order valence-electron chi connectivity index (χ2n) is 5.19. The van der Waals surface area contributed by atoms with Crippen molar-refractivity contribution in [2.75, 3.05) is 0 Å². The van der Waals surface area contributed by atoms with Gasteiger partial charge in [0, 0.05) is 22.6 Å². The minimum absolute atomic E-state index is 0.236. The first-order chi connectivity index (χ1) is 11.1. The van der Waals surface area contributed by atoms with Crippen LogP contribution < -0.4 is 5.56 Å². The molecule has 4 nitrogen and oxygen atoms in total. The van der Waals surface area contributed by atoms with Crippen LogP contribution in [0.15, 0.2) is 70.1 Å². The molecule has 0 spiro atoms. The lowest BCUT2D eigenvalue weighted by Crippen LogP contribution is -2.25. The average Bonchev–Trinajstić information content (AvgIpc) is 2.58. The second kappa shape index (κ2) is 6.48. The molecule has 0 amide bonds. The topological polar surface area (TPSA) is 55.1 Å². The van der Waals surface area contributed by atoms with Crippen LogP contribution in [0.4, 0.5) is 0 Å². The van der Waals surface area contributed by atoms with E-state index < -0.39 is 6.10 Å². The molecule has 0 saturated carbocycles. The maximum atomic E-state index is 12.6. The van der Waals surface area contributed by atoms with Gasteiger partial charge >= 0.3 is 0 Å². The molecule has 0 bridgehead atoms. The summed E-state index contributed by atoms with van der Waals surface area (Å²) in [6.45, 7) is 0. The summed E-state index contributed by atoms with van der Waals surface area (Å²) in [4.78, 5) is 16.9. The van der Waals surface area contributed by atoms with Crippen LogP contribution in [0, 0.1) is 0 Å². The molecule has 3 rings (SSSR count). The lowest BCUT2D eigenvalue weighted by atomic mass is 10.1. The van der Waals surface area contributed by atoms with Crippen LogP contribution in [0.1, 0.15) is 17.4 Å². The fourth-order valence-corrected chi connectivity index (χ4v) is 2.95. The van der Waals surface area contributed by atoms with Gasteiger partial charge in [0.15, 0.2) is 0 Å². The molecule has 1 heterocycles. The number of benzene rings is 2. The molecule has 5 heteroatoms. The number of nitrogens with zero attached hydrogens (tertiary/aromatic N) is 2. The number of hydrogen-bond acceptors (Lipinski definition) is 3. The van der Waals surface area contributed by atoms with Crippen molar-refractivity contribution in [2.45, 2.75) is 6.10 Å². The Kier molecular flexibility index (Phi) is 4.41. The van der Waals surface area contributed by atoms with Gasteiger partial charge in [-0.2, -0.15) is 0 Å². The highest BCUT2D eigenvalue weighted by molar-refractivity contribution is 9.10. The molecule has 0 aliphatic carbocycles. The summed E-state index contributed by atoms with van der Waals surface area (Å²) in [7, 11) is 1.64. The highest BCUT2D eigenvalue weighted by Crippen LogP contribution is 2.27. The monoisotopic (exact) mass is 370 g/mol. The van der Waals surface area contributed by atoms with Crippen molar-refractivity contribution in [3.63, 3.8) is 0 Å². The van der Waals surface area contributed by atoms with Gasteiger partial charge in [0.25, 0.3) is 5.56 Å². The van der Waals surface area contributed by atoms with E-state index in [1.54, 1.807) is 13.2 Å². The summed E-state index contributed by atoms with van der Waals surface area (Å²) in [5.74, 6) is 0. The highest BCUT2D eigenvalue weighted by Gasteiger charge is 2.18. The third kappa shape index (κ3) is 2.98. The Morgan fingerprint density at radius 3 is 2.43 bits per heavy atom. The first-order valence-corrected chi connectivity index (χ1v) is 7.92. The minimum Gasteiger partial charge on any atom is -0.382 e. The second-order valence-corrected chi connectivity index (χ2v) is 6.04. The average molecular weight is 371 g/mol. The number of hydrogen-bond donors (Lipinski definition) is 1. The van der Waals surface area contributed by atoms with Gasteiger partial charge in [-0.15, -0.1) is 0 Å². The summed E-state index contributed by atoms with van der Waals surface area (Å²) in [5, 5.41) is 10.6. The van der Waals surface area contributed by atoms with E-state index in [0.29, 0.717) is 17.0 Å². The van der Waals surface area contributed by atoms with Crippen LogP contribution in [0.5, 0.6) is 0 Å². The number of rotatable bonds is 3. The highest BCUT2D eigenvalue weighted by atomic mass is 79.9. The Hall–Kier alpha value is -2.24. The van der Waals surface area contributed by atoms with Crippen molar-refractivity contribution in [2.24, 2.45) is 7.05 Å². The number of aromatic nitrogens is 2. The molecular weight excluding hydrogens is 356 g/mol. The summed E-state index contributed by atoms with van der Waals surface area (Å²) in [5.41, 5.74) is 2.03. The SMILES string of the molecule is Cn1c(C(O)c2ccccc2Br)cnc(-c2ccccc2)c1=O. The van der Waals surface area contributed by atoms with Crippen molar-refractivity contribution >= 4 is 15.9 Å². The van der Waals surface area contributed by atoms with Gasteiger partial charge < -0.3 is 9.67 Å². The lowest BCUT2D eigenvalue weighted by Gasteiger charge is -2.17. The van der Waals surface area contributed by atoms with Gasteiger partial charge in [-0.3, -0.25) is 4.79 Å². The van der Waals surface area contributed by atoms with Crippen LogP contribution in [-0.4, -0.2) is 14.7 Å². The molecule has 3 aromatic rings. The van der Waals surface area contributed by atoms with E-state index in [2.05, 4.69) is 20.9 Å². The fourth-order valence-electron chi connectivity index (χ4n) is 2.45. The van der Waals surface area contributed by atoms with Gasteiger partial charge in [0.1, 0.15) is 11.8 Å². The standard InChI is InChI=1S/C18H15BrN2O2/c1-21-15(17(22)13-9-5-6-10-14(13)19)11-20-16(18(21)23)12-7-3-2-4-8-12/h2-11,17,22H,1H3. The van der Waals surface area contributed by atoms with E-state index in [1.165, 1.54) is 4.57 Å². The minimum atomic E-state index is -0.930. The Labute approximate surface area is 142 Å². The predicted octanol–water partition coefficient (Wildman–Crippen LogP) is 3.29. The Bertz CT molecular complexity index is 891. The van der Waals surface area contributed by atoms with Gasteiger partial charge in [-0.05, 0) is 6.07 Å². The Morgan fingerprint density at radius 2 is 1.74 bits per heavy atom. The third-order valence-electron chi connectivity index (χ3n) is 3.75. The Morgan fingerprint density at radius 1 is 1.09 bits per heavy atom. The van der Waals surface area contributed by atoms with Crippen molar-refractivity contribution in [3.8, 4) is 11.3 Å². The molecule has 1 aromatic heterocycles. The fraction of sp³-hybridized carbons (Fsp3) is 0.111. The van der Waals surface area contributed by atoms with Crippen LogP contribution in [-0.2, 0) is 7.05 Å². The van der Waals surface area contributed by atoms with E-state index >= 15 is 0 Å². The molecule has 0 saturated heterocycles. The predicted molar refractivity (Wildman–Crippen MR) is 93.1 cm³/mol. The van der Waals surface area contributed by atoms with E-state index in [0.717, 1.165) is 10.0 Å². The number of aliphatic hydroxyl groups excluding tert-OH is 1. The van der Waals surface area contributed by atoms with Crippen LogP contribution in [0.2, 0.25) is 0 Å². The molecule has 2 aromatic carbocycles. The number of halogens is 1. The lowest BCUT2D eigenvalue weighted by molar-refractivity contribution is 0.208. The molecule has 23 heavy (non-hydrogen) atoms. The molecule has 116 valence electrons. The molecular formula is C18H15BrN2O2. The van der Waals surface area contributed by atoms with Crippen molar-refractivity contribution < 1.29 is 5.11 Å². The molecule has 0 aliphatic heterocycles. The van der Waals surface area contributed by atoms with Crippen LogP contribution in [0.3, 0.4) is 0 Å². The van der Waals surface area contributed by atoms with E-state index in [9.17, 15) is 9.90 Å². The molecule has 1 unspecified atom stereocenters. The van der Waals surface area contributed by atoms with E-state index in [1.807, 2.05) is 54.6 Å². The van der Waals surface area contributed by atoms with E-state index in [-0.39, 0.29) is 5.56 Å². The van der Waals surface area contributed by atoms with Crippen LogP contribution >= 0.6 is 15.9 Å². The van der Waals surface area contributed by atoms with Gasteiger partial charge in [0.05, 0.1) is 11.9 Å². The van der Waals surface area contributed by atoms with Gasteiger partial charge in [-0.1, -0.05) is 64.5 Å². The van der Waals surface area contributed by atoms with Crippen molar-refractivity contribution in [3.05, 3.63) is 86.9 Å². The van der Waals surface area contributed by atoms with Crippen molar-refractivity contribution in [1.82, 2.24) is 9.55 Å². The first kappa shape index (κ1) is 15.6. The molecule has 1 N–H and O–H groups in total. The smallest absolute Gasteiger partial charge is 0.277 e. The van der Waals surface area contributed by atoms with Crippen molar-refractivity contribution in [1.29, 1.82) is 0 Å². The largest absolute Gasteiger partial charge is 0.382 e. The summed E-state index contributed by atoms with van der Waals surface area (Å²) in [6.07, 6.45) is 0.619. The summed E-state index contributed by atoms with van der Waals surface area (Å²) in [6, 6.07) is 16.7. The maximum absolute atomic E-state index is 12.6. The Balaban J connectivity index is 2.08. The van der Waals surface area contributed by atoms with Crippen LogP contribution in [0.25, 0.3) is 11.3 Å². The zero-order valence-corrected chi connectivity index (χ0v) is 14.1.